The summed E-state index contributed by atoms with van der Waals surface area (Å²) in [5, 5.41) is 2.68. The van der Waals surface area contributed by atoms with Gasteiger partial charge in [0.25, 0.3) is 0 Å². The Hall–Kier alpha value is -2.15. The second-order valence-corrected chi connectivity index (χ2v) is 15.0. The van der Waals surface area contributed by atoms with E-state index in [1.165, 1.54) is 0 Å². The van der Waals surface area contributed by atoms with Crippen molar-refractivity contribution in [1.82, 2.24) is 5.32 Å². The number of amides is 1. The van der Waals surface area contributed by atoms with Crippen LogP contribution in [0, 0.1) is 11.8 Å². The van der Waals surface area contributed by atoms with E-state index in [-0.39, 0.29) is 12.5 Å². The summed E-state index contributed by atoms with van der Waals surface area (Å²) in [6.07, 6.45) is 2.56. The number of rotatable bonds is 7. The molecule has 3 rings (SSSR count). The molecule has 2 unspecified atom stereocenters. The summed E-state index contributed by atoms with van der Waals surface area (Å²) in [5.41, 5.74) is -0.463. The minimum atomic E-state index is -2.28. The van der Waals surface area contributed by atoms with E-state index in [0.717, 1.165) is 17.2 Å². The topological polar surface area (TPSA) is 64.6 Å². The van der Waals surface area contributed by atoms with Crippen LogP contribution >= 0.6 is 0 Å². The second kappa shape index (κ2) is 8.92. The first-order chi connectivity index (χ1) is 14.2. The van der Waals surface area contributed by atoms with Gasteiger partial charge in [-0.15, -0.1) is 0 Å². The Morgan fingerprint density at radius 2 is 1.90 bits per heavy atom. The number of nitrogens with one attached hydrogen (secondary N) is 1. The molecule has 0 saturated heterocycles. The van der Waals surface area contributed by atoms with E-state index in [2.05, 4.69) is 25.0 Å². The van der Waals surface area contributed by atoms with E-state index < -0.39 is 37.8 Å². The fraction of sp³-hybridized carbons (Fsp3) is 0.565. The summed E-state index contributed by atoms with van der Waals surface area (Å²) in [5.74, 6) is -1.76. The standard InChI is InChI=1S/C23H32FNO4Si/c1-5-28-21(26)23(24)19-12-11-17(18(19)15-16-9-7-6-8-10-16)20(23)25-22(27)29-13-14-30(2,3)4/h6-10,15,17,19-20H,5,11-14H2,1-4H3,(H,25,27)/b18-15+/t17?,19?,20-,23-/m1/s1. The molecule has 4 atom stereocenters. The number of esters is 1. The zero-order chi connectivity index (χ0) is 21.9. The molecule has 30 heavy (non-hydrogen) atoms. The van der Waals surface area contributed by atoms with Crippen LogP contribution in [0.15, 0.2) is 35.9 Å². The summed E-state index contributed by atoms with van der Waals surface area (Å²) >= 11 is 0. The number of alkyl carbamates (subject to hydrolysis) is 1. The molecule has 2 fully saturated rings. The van der Waals surface area contributed by atoms with Crippen molar-refractivity contribution in [2.45, 2.75) is 57.2 Å². The Morgan fingerprint density at radius 3 is 2.53 bits per heavy atom. The van der Waals surface area contributed by atoms with Crippen LogP contribution in [-0.2, 0) is 14.3 Å². The van der Waals surface area contributed by atoms with Crippen molar-refractivity contribution in [3.8, 4) is 0 Å². The third-order valence-electron chi connectivity index (χ3n) is 6.04. The molecule has 2 saturated carbocycles. The van der Waals surface area contributed by atoms with Crippen molar-refractivity contribution >= 4 is 26.2 Å². The third kappa shape index (κ3) is 4.61. The number of ether oxygens (including phenoxy) is 2. The molecule has 2 aliphatic carbocycles. The van der Waals surface area contributed by atoms with Gasteiger partial charge in [0.2, 0.25) is 5.67 Å². The lowest BCUT2D eigenvalue weighted by molar-refractivity contribution is -0.163. The van der Waals surface area contributed by atoms with E-state index >= 15 is 4.39 Å². The van der Waals surface area contributed by atoms with Crippen LogP contribution in [0.1, 0.15) is 25.3 Å². The van der Waals surface area contributed by atoms with Crippen molar-refractivity contribution in [2.75, 3.05) is 13.2 Å². The van der Waals surface area contributed by atoms with Crippen LogP contribution in [0.25, 0.3) is 6.08 Å². The normalized spacial score (nSPS) is 29.1. The van der Waals surface area contributed by atoms with Crippen LogP contribution in [0.2, 0.25) is 25.7 Å². The smallest absolute Gasteiger partial charge is 0.407 e. The van der Waals surface area contributed by atoms with Gasteiger partial charge in [-0.25, -0.2) is 14.0 Å². The van der Waals surface area contributed by atoms with E-state index in [0.29, 0.717) is 19.4 Å². The highest BCUT2D eigenvalue weighted by Gasteiger charge is 2.67. The summed E-state index contributed by atoms with van der Waals surface area (Å²) in [4.78, 5) is 25.1. The van der Waals surface area contributed by atoms with Crippen molar-refractivity contribution in [3.05, 3.63) is 41.5 Å². The largest absolute Gasteiger partial charge is 0.464 e. The van der Waals surface area contributed by atoms with E-state index in [4.69, 9.17) is 9.47 Å². The summed E-state index contributed by atoms with van der Waals surface area (Å²) in [7, 11) is -1.36. The molecule has 2 aliphatic rings. The molecule has 164 valence electrons. The van der Waals surface area contributed by atoms with Gasteiger partial charge in [-0.05, 0) is 31.4 Å². The highest BCUT2D eigenvalue weighted by molar-refractivity contribution is 6.76. The maximum absolute atomic E-state index is 16.3. The van der Waals surface area contributed by atoms with Gasteiger partial charge in [-0.3, -0.25) is 0 Å². The predicted octanol–water partition coefficient (Wildman–Crippen LogP) is 4.81. The van der Waals surface area contributed by atoms with Crippen molar-refractivity contribution in [2.24, 2.45) is 11.8 Å². The maximum atomic E-state index is 16.3. The zero-order valence-corrected chi connectivity index (χ0v) is 19.2. The third-order valence-corrected chi connectivity index (χ3v) is 7.74. The number of alkyl halides is 1. The highest BCUT2D eigenvalue weighted by atomic mass is 28.3. The monoisotopic (exact) mass is 433 g/mol. The molecule has 0 aliphatic heterocycles. The molecular formula is C23H32FNO4Si. The molecule has 0 radical (unpaired) electrons. The number of carbonyl (C=O) groups excluding carboxylic acids is 2. The molecule has 1 amide bonds. The number of hydrogen-bond acceptors (Lipinski definition) is 4. The van der Waals surface area contributed by atoms with Crippen molar-refractivity contribution in [1.29, 1.82) is 0 Å². The average Bonchev–Trinajstić information content (AvgIpc) is 3.17. The molecule has 0 aromatic heterocycles. The second-order valence-electron chi connectivity index (χ2n) is 9.35. The Kier molecular flexibility index (Phi) is 6.70. The number of carbonyl (C=O) groups is 2. The average molecular weight is 434 g/mol. The predicted molar refractivity (Wildman–Crippen MR) is 118 cm³/mol. The first-order valence-electron chi connectivity index (χ1n) is 10.7. The fourth-order valence-electron chi connectivity index (χ4n) is 4.54. The van der Waals surface area contributed by atoms with Crippen molar-refractivity contribution < 1.29 is 23.5 Å². The van der Waals surface area contributed by atoms with Crippen LogP contribution in [0.3, 0.4) is 0 Å². The summed E-state index contributed by atoms with van der Waals surface area (Å²) in [6.45, 7) is 8.62. The highest BCUT2D eigenvalue weighted by Crippen LogP contribution is 2.57. The first-order valence-corrected chi connectivity index (χ1v) is 14.4. The molecule has 0 heterocycles. The molecule has 0 spiro atoms. The summed E-state index contributed by atoms with van der Waals surface area (Å²) in [6, 6.07) is 9.50. The van der Waals surface area contributed by atoms with Gasteiger partial charge in [-0.2, -0.15) is 0 Å². The van der Waals surface area contributed by atoms with Gasteiger partial charge in [0.15, 0.2) is 0 Å². The SMILES string of the molecule is CCOC(=O)[C@@]1(F)C2CCC(/C2=C\c2ccccc2)[C@H]1NC(=O)OCC[Si](C)(C)C. The van der Waals surface area contributed by atoms with E-state index in [9.17, 15) is 9.59 Å². The molecule has 7 heteroatoms. The van der Waals surface area contributed by atoms with Gasteiger partial charge in [0, 0.05) is 19.9 Å². The molecule has 1 aromatic rings. The van der Waals surface area contributed by atoms with Gasteiger partial charge in [0.1, 0.15) is 0 Å². The van der Waals surface area contributed by atoms with Crippen LogP contribution in [-0.4, -0.2) is 45.1 Å². The van der Waals surface area contributed by atoms with Crippen LogP contribution in [0.5, 0.6) is 0 Å². The maximum Gasteiger partial charge on any atom is 0.407 e. The Balaban J connectivity index is 1.83. The first kappa shape index (κ1) is 22.5. The minimum absolute atomic E-state index is 0.0903. The van der Waals surface area contributed by atoms with Crippen LogP contribution in [0.4, 0.5) is 9.18 Å². The zero-order valence-electron chi connectivity index (χ0n) is 18.2. The lowest BCUT2D eigenvalue weighted by atomic mass is 9.81. The van der Waals surface area contributed by atoms with Gasteiger partial charge in [-0.1, -0.05) is 61.6 Å². The lowest BCUT2D eigenvalue weighted by Crippen LogP contribution is -2.58. The van der Waals surface area contributed by atoms with E-state index in [1.807, 2.05) is 36.4 Å². The summed E-state index contributed by atoms with van der Waals surface area (Å²) < 4.78 is 26.7. The molecule has 5 nitrogen and oxygen atoms in total. The number of benzene rings is 1. The Morgan fingerprint density at radius 1 is 1.20 bits per heavy atom. The quantitative estimate of drug-likeness (QED) is 0.495. The van der Waals surface area contributed by atoms with Crippen LogP contribution < -0.4 is 5.32 Å². The molecular weight excluding hydrogens is 401 g/mol. The minimum Gasteiger partial charge on any atom is -0.464 e. The molecule has 1 aromatic carbocycles. The fourth-order valence-corrected chi connectivity index (χ4v) is 5.26. The lowest BCUT2D eigenvalue weighted by Gasteiger charge is -2.34. The Bertz CT molecular complexity index is 807. The molecule has 1 N–H and O–H groups in total. The number of halogens is 1. The Labute approximate surface area is 179 Å². The molecule has 2 bridgehead atoms. The van der Waals surface area contributed by atoms with Crippen molar-refractivity contribution in [3.63, 3.8) is 0 Å². The van der Waals surface area contributed by atoms with Gasteiger partial charge >= 0.3 is 12.1 Å². The van der Waals surface area contributed by atoms with Gasteiger partial charge in [0.05, 0.1) is 19.3 Å². The number of hydrogen-bond donors (Lipinski definition) is 1. The number of fused-ring (bicyclic) bond motifs is 2. The van der Waals surface area contributed by atoms with Gasteiger partial charge < -0.3 is 14.8 Å². The van der Waals surface area contributed by atoms with E-state index in [1.54, 1.807) is 6.92 Å².